The molecule has 5 nitrogen and oxygen atoms in total. The van der Waals surface area contributed by atoms with Gasteiger partial charge < -0.3 is 9.64 Å². The van der Waals surface area contributed by atoms with Crippen molar-refractivity contribution in [2.24, 2.45) is 0 Å². The zero-order chi connectivity index (χ0) is 19.3. The number of ether oxygens (including phenoxy) is 1. The highest BCUT2D eigenvalue weighted by atomic mass is 32.2. The average molecular weight is 373 g/mol. The number of methoxy groups -OCH3 is 1. The Kier molecular flexibility index (Phi) is 6.21. The van der Waals surface area contributed by atoms with Crippen LogP contribution in [-0.2, 0) is 14.6 Å². The summed E-state index contributed by atoms with van der Waals surface area (Å²) in [6.07, 6.45) is 4.42. The van der Waals surface area contributed by atoms with E-state index in [4.69, 9.17) is 4.74 Å². The van der Waals surface area contributed by atoms with E-state index < -0.39 is 9.84 Å². The minimum absolute atomic E-state index is 0.146. The number of nitrogens with zero attached hydrogens (tertiary/aromatic N) is 1. The third-order valence-electron chi connectivity index (χ3n) is 4.23. The molecule has 2 rings (SSSR count). The molecule has 0 spiro atoms. The molecule has 1 unspecified atom stereocenters. The van der Waals surface area contributed by atoms with Gasteiger partial charge in [0.1, 0.15) is 5.75 Å². The highest BCUT2D eigenvalue weighted by Crippen LogP contribution is 2.21. The van der Waals surface area contributed by atoms with E-state index in [9.17, 15) is 13.2 Å². The van der Waals surface area contributed by atoms with Gasteiger partial charge in [-0.3, -0.25) is 4.79 Å². The molecule has 0 aliphatic rings. The fourth-order valence-corrected chi connectivity index (χ4v) is 3.07. The second-order valence-corrected chi connectivity index (χ2v) is 8.09. The Balaban J connectivity index is 2.10. The number of amides is 1. The lowest BCUT2D eigenvalue weighted by atomic mass is 10.1. The third kappa shape index (κ3) is 4.95. The molecule has 0 aromatic heterocycles. The molecule has 0 saturated heterocycles. The van der Waals surface area contributed by atoms with Crippen LogP contribution in [0.3, 0.4) is 0 Å². The van der Waals surface area contributed by atoms with Crippen LogP contribution in [0.1, 0.15) is 24.1 Å². The molecule has 0 saturated carbocycles. The van der Waals surface area contributed by atoms with Crippen molar-refractivity contribution in [3.63, 3.8) is 0 Å². The topological polar surface area (TPSA) is 63.7 Å². The SMILES string of the molecule is COc1cccc(C=CC(=O)N(C)C(C)c2ccc(S(C)(=O)=O)cc2)c1. The summed E-state index contributed by atoms with van der Waals surface area (Å²) < 4.78 is 28.2. The van der Waals surface area contributed by atoms with E-state index in [-0.39, 0.29) is 16.8 Å². The van der Waals surface area contributed by atoms with Gasteiger partial charge in [-0.25, -0.2) is 8.42 Å². The van der Waals surface area contributed by atoms with Crippen molar-refractivity contribution in [2.45, 2.75) is 17.9 Å². The smallest absolute Gasteiger partial charge is 0.246 e. The molecule has 26 heavy (non-hydrogen) atoms. The first kappa shape index (κ1) is 19.7. The van der Waals surface area contributed by atoms with E-state index in [0.717, 1.165) is 16.9 Å². The van der Waals surface area contributed by atoms with Gasteiger partial charge in [0.25, 0.3) is 0 Å². The van der Waals surface area contributed by atoms with Crippen LogP contribution in [0.4, 0.5) is 0 Å². The number of rotatable bonds is 6. The number of hydrogen-bond donors (Lipinski definition) is 0. The van der Waals surface area contributed by atoms with E-state index in [1.807, 2.05) is 31.2 Å². The summed E-state index contributed by atoms with van der Waals surface area (Å²) >= 11 is 0. The largest absolute Gasteiger partial charge is 0.497 e. The summed E-state index contributed by atoms with van der Waals surface area (Å²) in [7, 11) is 0.0825. The minimum atomic E-state index is -3.23. The maximum Gasteiger partial charge on any atom is 0.246 e. The van der Waals surface area contributed by atoms with Gasteiger partial charge in [-0.05, 0) is 48.4 Å². The van der Waals surface area contributed by atoms with Gasteiger partial charge in [-0.2, -0.15) is 0 Å². The Labute approximate surface area is 154 Å². The Morgan fingerprint density at radius 1 is 1.15 bits per heavy atom. The van der Waals surface area contributed by atoms with Crippen LogP contribution in [0.25, 0.3) is 6.08 Å². The molecule has 0 radical (unpaired) electrons. The van der Waals surface area contributed by atoms with Gasteiger partial charge in [0, 0.05) is 19.4 Å². The standard InChI is InChI=1S/C20H23NO4S/c1-15(17-9-11-19(12-10-17)26(4,23)24)21(2)20(22)13-8-16-6-5-7-18(14-16)25-3/h5-15H,1-4H3. The first-order valence-corrected chi connectivity index (χ1v) is 10.0. The predicted molar refractivity (Wildman–Crippen MR) is 103 cm³/mol. The number of carbonyl (C=O) groups is 1. The lowest BCUT2D eigenvalue weighted by Crippen LogP contribution is -2.28. The molecule has 2 aromatic carbocycles. The summed E-state index contributed by atoms with van der Waals surface area (Å²) in [5.74, 6) is 0.583. The molecule has 2 aromatic rings. The van der Waals surface area contributed by atoms with Crippen LogP contribution in [0.15, 0.2) is 59.5 Å². The summed E-state index contributed by atoms with van der Waals surface area (Å²) in [6.45, 7) is 1.90. The highest BCUT2D eigenvalue weighted by molar-refractivity contribution is 7.90. The maximum absolute atomic E-state index is 12.4. The lowest BCUT2D eigenvalue weighted by molar-refractivity contribution is -0.126. The van der Waals surface area contributed by atoms with Gasteiger partial charge in [0.05, 0.1) is 18.0 Å². The van der Waals surface area contributed by atoms with Crippen molar-refractivity contribution in [2.75, 3.05) is 20.4 Å². The van der Waals surface area contributed by atoms with E-state index >= 15 is 0 Å². The molecule has 0 fully saturated rings. The second-order valence-electron chi connectivity index (χ2n) is 6.08. The molecule has 6 heteroatoms. The molecule has 138 valence electrons. The summed E-state index contributed by atoms with van der Waals surface area (Å²) in [6, 6.07) is 13.8. The van der Waals surface area contributed by atoms with Crippen molar-refractivity contribution in [3.05, 3.63) is 65.7 Å². The summed E-state index contributed by atoms with van der Waals surface area (Å²) in [5.41, 5.74) is 1.74. The Hall–Kier alpha value is -2.60. The minimum Gasteiger partial charge on any atom is -0.497 e. The van der Waals surface area contributed by atoms with E-state index in [1.54, 1.807) is 49.4 Å². The average Bonchev–Trinajstić information content (AvgIpc) is 2.64. The van der Waals surface area contributed by atoms with Gasteiger partial charge in [-0.1, -0.05) is 24.3 Å². The Morgan fingerprint density at radius 3 is 2.38 bits per heavy atom. The van der Waals surface area contributed by atoms with Crippen LogP contribution < -0.4 is 4.74 Å². The summed E-state index contributed by atoms with van der Waals surface area (Å²) in [4.78, 5) is 14.3. The molecule has 0 aliphatic heterocycles. The first-order valence-electron chi connectivity index (χ1n) is 8.11. The van der Waals surface area contributed by atoms with Gasteiger partial charge >= 0.3 is 0 Å². The van der Waals surface area contributed by atoms with Gasteiger partial charge in [-0.15, -0.1) is 0 Å². The lowest BCUT2D eigenvalue weighted by Gasteiger charge is -2.24. The van der Waals surface area contributed by atoms with Crippen LogP contribution in [0, 0.1) is 0 Å². The number of sulfone groups is 1. The van der Waals surface area contributed by atoms with Crippen molar-refractivity contribution in [1.29, 1.82) is 0 Å². The van der Waals surface area contributed by atoms with Crippen LogP contribution in [-0.4, -0.2) is 39.6 Å². The monoisotopic (exact) mass is 373 g/mol. The zero-order valence-electron chi connectivity index (χ0n) is 15.3. The molecule has 1 atom stereocenters. The third-order valence-corrected chi connectivity index (χ3v) is 5.36. The second kappa shape index (κ2) is 8.19. The quantitative estimate of drug-likeness (QED) is 0.729. The molecular formula is C20H23NO4S. The number of carbonyl (C=O) groups excluding carboxylic acids is 1. The normalized spacial score (nSPS) is 12.8. The van der Waals surface area contributed by atoms with Gasteiger partial charge in [0.15, 0.2) is 9.84 Å². The van der Waals surface area contributed by atoms with E-state index in [0.29, 0.717) is 0 Å². The Morgan fingerprint density at radius 2 is 1.81 bits per heavy atom. The van der Waals surface area contributed by atoms with Crippen molar-refractivity contribution < 1.29 is 17.9 Å². The van der Waals surface area contributed by atoms with Crippen LogP contribution >= 0.6 is 0 Å². The number of hydrogen-bond acceptors (Lipinski definition) is 4. The van der Waals surface area contributed by atoms with Crippen molar-refractivity contribution in [1.82, 2.24) is 4.90 Å². The van der Waals surface area contributed by atoms with Crippen molar-refractivity contribution in [3.8, 4) is 5.75 Å². The fraction of sp³-hybridized carbons (Fsp3) is 0.250. The van der Waals surface area contributed by atoms with Gasteiger partial charge in [0.2, 0.25) is 5.91 Å². The highest BCUT2D eigenvalue weighted by Gasteiger charge is 2.16. The predicted octanol–water partition coefficient (Wildman–Crippen LogP) is 3.33. The van der Waals surface area contributed by atoms with Crippen LogP contribution in [0.2, 0.25) is 0 Å². The molecular weight excluding hydrogens is 350 g/mol. The van der Waals surface area contributed by atoms with Crippen molar-refractivity contribution >= 4 is 21.8 Å². The maximum atomic E-state index is 12.4. The summed E-state index contributed by atoms with van der Waals surface area (Å²) in [5, 5.41) is 0. The molecule has 0 N–H and O–H groups in total. The molecule has 0 aliphatic carbocycles. The molecule has 1 amide bonds. The fourth-order valence-electron chi connectivity index (χ4n) is 2.44. The zero-order valence-corrected chi connectivity index (χ0v) is 16.2. The molecule has 0 heterocycles. The number of likely N-dealkylation sites (N-methyl/N-ethyl adjacent to an activating group) is 1. The Bertz CT molecular complexity index is 902. The van der Waals surface area contributed by atoms with E-state index in [1.165, 1.54) is 12.3 Å². The van der Waals surface area contributed by atoms with E-state index in [2.05, 4.69) is 0 Å². The molecule has 0 bridgehead atoms. The first-order chi connectivity index (χ1) is 12.2. The van der Waals surface area contributed by atoms with Crippen LogP contribution in [0.5, 0.6) is 5.75 Å². The number of benzene rings is 2.